The highest BCUT2D eigenvalue weighted by molar-refractivity contribution is 6.74. The predicted octanol–water partition coefficient (Wildman–Crippen LogP) is 9.69. The van der Waals surface area contributed by atoms with Gasteiger partial charge in [0.05, 0.1) is 23.1 Å². The molecule has 0 fully saturated rings. The number of aliphatic hydroxyl groups is 1. The monoisotopic (exact) mass is 588 g/mol. The van der Waals surface area contributed by atoms with Crippen molar-refractivity contribution >= 4 is 13.9 Å². The number of hydrogen-bond donors (Lipinski definition) is 1. The molecule has 2 aliphatic carbocycles. The van der Waals surface area contributed by atoms with Crippen LogP contribution in [0, 0.1) is 5.41 Å². The molecule has 0 spiro atoms. The second-order valence-electron chi connectivity index (χ2n) is 14.2. The van der Waals surface area contributed by atoms with E-state index in [9.17, 15) is 18.3 Å². The largest absolute Gasteiger partial charge is 0.417 e. The van der Waals surface area contributed by atoms with Gasteiger partial charge in [-0.1, -0.05) is 61.0 Å². The fraction of sp³-hybridized carbons (Fsp3) is 0.636. The van der Waals surface area contributed by atoms with Gasteiger partial charge in [-0.05, 0) is 84.8 Å². The fourth-order valence-electron chi connectivity index (χ4n) is 5.94. The zero-order valence-corrected chi connectivity index (χ0v) is 27.2. The Hall–Kier alpha value is -2.03. The summed E-state index contributed by atoms with van der Waals surface area (Å²) in [5, 5.41) is 11.9. The average molecular weight is 589 g/mol. The van der Waals surface area contributed by atoms with E-state index >= 15 is 0 Å². The van der Waals surface area contributed by atoms with Crippen LogP contribution < -0.4 is 0 Å². The molecule has 226 valence electrons. The van der Waals surface area contributed by atoms with Crippen molar-refractivity contribution in [2.24, 2.45) is 5.41 Å². The molecule has 4 nitrogen and oxygen atoms in total. The van der Waals surface area contributed by atoms with Crippen LogP contribution in [0.4, 0.5) is 13.2 Å². The van der Waals surface area contributed by atoms with Crippen molar-refractivity contribution in [1.29, 1.82) is 0 Å². The lowest BCUT2D eigenvalue weighted by molar-refractivity contribution is -0.137. The maximum absolute atomic E-state index is 13.3. The minimum absolute atomic E-state index is 0.00489. The minimum atomic E-state index is -4.49. The van der Waals surface area contributed by atoms with E-state index in [0.29, 0.717) is 5.56 Å². The molecule has 3 unspecified atom stereocenters. The van der Waals surface area contributed by atoms with E-state index in [-0.39, 0.29) is 28.2 Å². The van der Waals surface area contributed by atoms with Gasteiger partial charge in [-0.2, -0.15) is 13.2 Å². The Morgan fingerprint density at radius 2 is 1.85 bits per heavy atom. The average Bonchev–Trinajstić information content (AvgIpc) is 3.40. The molecular weight excluding hydrogens is 541 g/mol. The van der Waals surface area contributed by atoms with Crippen LogP contribution in [0.25, 0.3) is 5.57 Å². The molecule has 2 aromatic rings. The third-order valence-electron chi connectivity index (χ3n) is 9.65. The standard InChI is InChI=1S/C33H47F3N2O2Si/c1-10-32(7)17-24-27(25(18-32)40-41(8,9)31(4,5)6)26(21-13-11-12-14-21)28(29(38-24)20(2)3)30(39)23-16-15-22(19-37-23)33(34,35)36/h13,15-16,19-20,25,30,39H,10-12,14,17-18H2,1-9H3. The third kappa shape index (κ3) is 6.35. The zero-order valence-electron chi connectivity index (χ0n) is 26.2. The summed E-state index contributed by atoms with van der Waals surface area (Å²) in [7, 11) is -2.20. The Morgan fingerprint density at radius 3 is 2.34 bits per heavy atom. The normalized spacial score (nSPS) is 22.6. The van der Waals surface area contributed by atoms with Crippen LogP contribution >= 0.6 is 0 Å². The van der Waals surface area contributed by atoms with Crippen molar-refractivity contribution in [1.82, 2.24) is 9.97 Å². The van der Waals surface area contributed by atoms with Crippen molar-refractivity contribution in [3.63, 3.8) is 0 Å². The van der Waals surface area contributed by atoms with Gasteiger partial charge in [-0.3, -0.25) is 9.97 Å². The molecule has 3 atom stereocenters. The van der Waals surface area contributed by atoms with Crippen molar-refractivity contribution in [3.05, 3.63) is 63.7 Å². The van der Waals surface area contributed by atoms with Crippen molar-refractivity contribution in [2.75, 3.05) is 0 Å². The summed E-state index contributed by atoms with van der Waals surface area (Å²) in [5.41, 5.74) is 5.11. The molecule has 2 heterocycles. The van der Waals surface area contributed by atoms with Gasteiger partial charge in [0.15, 0.2) is 8.32 Å². The van der Waals surface area contributed by atoms with E-state index in [0.717, 1.165) is 73.3 Å². The molecule has 41 heavy (non-hydrogen) atoms. The van der Waals surface area contributed by atoms with E-state index in [1.54, 1.807) is 0 Å². The Kier molecular flexibility index (Phi) is 8.74. The Labute approximate surface area is 245 Å². The van der Waals surface area contributed by atoms with Gasteiger partial charge < -0.3 is 9.53 Å². The number of pyridine rings is 2. The molecule has 0 saturated heterocycles. The summed E-state index contributed by atoms with van der Waals surface area (Å²) in [5.74, 6) is -0.00489. The van der Waals surface area contributed by atoms with Crippen LogP contribution in [0.2, 0.25) is 18.1 Å². The summed E-state index contributed by atoms with van der Waals surface area (Å²) < 4.78 is 47.1. The summed E-state index contributed by atoms with van der Waals surface area (Å²) in [6.45, 7) is 19.9. The van der Waals surface area contributed by atoms with Gasteiger partial charge in [-0.15, -0.1) is 0 Å². The first kappa shape index (κ1) is 31.9. The molecule has 0 radical (unpaired) electrons. The van der Waals surface area contributed by atoms with Crippen molar-refractivity contribution in [2.45, 2.75) is 129 Å². The van der Waals surface area contributed by atoms with Gasteiger partial charge in [0.2, 0.25) is 0 Å². The topological polar surface area (TPSA) is 55.2 Å². The number of aromatic nitrogens is 2. The number of alkyl halides is 3. The van der Waals surface area contributed by atoms with Crippen LogP contribution in [0.15, 0.2) is 24.4 Å². The highest BCUT2D eigenvalue weighted by Crippen LogP contribution is 2.53. The lowest BCUT2D eigenvalue weighted by Crippen LogP contribution is -2.44. The number of hydrogen-bond acceptors (Lipinski definition) is 4. The fourth-order valence-corrected chi connectivity index (χ4v) is 7.20. The van der Waals surface area contributed by atoms with Crippen LogP contribution in [0.5, 0.6) is 0 Å². The first-order valence-corrected chi connectivity index (χ1v) is 17.9. The molecular formula is C33H47F3N2O2Si. The van der Waals surface area contributed by atoms with E-state index in [1.165, 1.54) is 11.6 Å². The van der Waals surface area contributed by atoms with Gasteiger partial charge in [-0.25, -0.2) is 0 Å². The smallest absolute Gasteiger partial charge is 0.410 e. The SMILES string of the molecule is CCC1(C)Cc2nc(C(C)C)c(C(O)c3ccc(C(F)(F)F)cn3)c(C3=CCCC3)c2C(O[Si](C)(C)C(C)(C)C)C1. The Bertz CT molecular complexity index is 1300. The van der Waals surface area contributed by atoms with E-state index in [4.69, 9.17) is 9.41 Å². The molecule has 4 rings (SSSR count). The quantitative estimate of drug-likeness (QED) is 0.327. The molecule has 1 N–H and O–H groups in total. The summed E-state index contributed by atoms with van der Waals surface area (Å²) >= 11 is 0. The van der Waals surface area contributed by atoms with E-state index in [1.807, 2.05) is 0 Å². The predicted molar refractivity (Wildman–Crippen MR) is 161 cm³/mol. The van der Waals surface area contributed by atoms with Gasteiger partial charge in [0, 0.05) is 23.0 Å². The highest BCUT2D eigenvalue weighted by atomic mass is 28.4. The van der Waals surface area contributed by atoms with Crippen LogP contribution in [-0.4, -0.2) is 23.4 Å². The van der Waals surface area contributed by atoms with Crippen LogP contribution in [0.3, 0.4) is 0 Å². The molecule has 2 aromatic heterocycles. The summed E-state index contributed by atoms with van der Waals surface area (Å²) in [6, 6.07) is 2.29. The number of nitrogens with zero attached hydrogens (tertiary/aromatic N) is 2. The minimum Gasteiger partial charge on any atom is -0.410 e. The first-order chi connectivity index (χ1) is 18.9. The first-order valence-electron chi connectivity index (χ1n) is 15.0. The molecule has 0 aliphatic heterocycles. The third-order valence-corrected chi connectivity index (χ3v) is 14.1. The molecule has 0 aromatic carbocycles. The maximum atomic E-state index is 13.3. The van der Waals surface area contributed by atoms with Crippen molar-refractivity contribution in [3.8, 4) is 0 Å². The molecule has 0 saturated carbocycles. The summed E-state index contributed by atoms with van der Waals surface area (Å²) in [4.78, 5) is 9.38. The number of rotatable bonds is 7. The van der Waals surface area contributed by atoms with Crippen molar-refractivity contribution < 1.29 is 22.7 Å². The van der Waals surface area contributed by atoms with Gasteiger partial charge in [0.1, 0.15) is 6.10 Å². The van der Waals surface area contributed by atoms with Crippen LogP contribution in [0.1, 0.15) is 138 Å². The van der Waals surface area contributed by atoms with E-state index < -0.39 is 26.2 Å². The molecule has 2 aliphatic rings. The number of halogens is 3. The number of allylic oxidation sites excluding steroid dienone is 2. The zero-order chi connectivity index (χ0) is 30.5. The second kappa shape index (κ2) is 11.2. The second-order valence-corrected chi connectivity index (χ2v) is 19.0. The number of aliphatic hydroxyl groups excluding tert-OH is 1. The lowest BCUT2D eigenvalue weighted by atomic mass is 9.69. The molecule has 0 bridgehead atoms. The Morgan fingerprint density at radius 1 is 1.17 bits per heavy atom. The van der Waals surface area contributed by atoms with Gasteiger partial charge in [0.25, 0.3) is 0 Å². The molecule has 0 amide bonds. The maximum Gasteiger partial charge on any atom is 0.417 e. The molecule has 8 heteroatoms. The Balaban J connectivity index is 2.00. The van der Waals surface area contributed by atoms with E-state index in [2.05, 4.69) is 72.6 Å². The summed E-state index contributed by atoms with van der Waals surface area (Å²) in [6.07, 6.45) is 2.73. The van der Waals surface area contributed by atoms with Gasteiger partial charge >= 0.3 is 6.18 Å². The van der Waals surface area contributed by atoms with Crippen LogP contribution in [-0.2, 0) is 17.0 Å². The lowest BCUT2D eigenvalue weighted by Gasteiger charge is -2.46. The number of fused-ring (bicyclic) bond motifs is 1. The highest BCUT2D eigenvalue weighted by Gasteiger charge is 2.46.